The van der Waals surface area contributed by atoms with Crippen molar-refractivity contribution in [2.75, 3.05) is 7.05 Å². The molecule has 0 aromatic heterocycles. The lowest BCUT2D eigenvalue weighted by Crippen LogP contribution is -2.53. The van der Waals surface area contributed by atoms with Crippen molar-refractivity contribution in [3.05, 3.63) is 12.2 Å². The summed E-state index contributed by atoms with van der Waals surface area (Å²) >= 11 is 0. The number of hydrogen-bond acceptors (Lipinski definition) is 2. The average molecular weight is 262 g/mol. The van der Waals surface area contributed by atoms with E-state index in [2.05, 4.69) is 22.4 Å². The van der Waals surface area contributed by atoms with Crippen molar-refractivity contribution in [2.45, 2.75) is 69.5 Å². The van der Waals surface area contributed by atoms with Gasteiger partial charge in [0.1, 0.15) is 0 Å². The molecule has 2 fully saturated rings. The quantitative estimate of drug-likeness (QED) is 0.775. The molecule has 1 amide bonds. The summed E-state index contributed by atoms with van der Waals surface area (Å²) in [6, 6.07) is 1.04. The van der Waals surface area contributed by atoms with Crippen LogP contribution in [0.4, 0.5) is 0 Å². The largest absolute Gasteiger partial charge is 0.335 e. The maximum absolute atomic E-state index is 12.9. The average Bonchev–Trinajstić information content (AvgIpc) is 2.84. The fourth-order valence-corrected chi connectivity index (χ4v) is 4.32. The molecule has 0 aromatic rings. The minimum atomic E-state index is 0.0523. The van der Waals surface area contributed by atoms with E-state index < -0.39 is 0 Å². The fourth-order valence-electron chi connectivity index (χ4n) is 4.32. The van der Waals surface area contributed by atoms with Crippen molar-refractivity contribution in [3.63, 3.8) is 0 Å². The van der Waals surface area contributed by atoms with Crippen molar-refractivity contribution in [1.29, 1.82) is 0 Å². The van der Waals surface area contributed by atoms with Gasteiger partial charge in [0.15, 0.2) is 0 Å². The molecular formula is C16H26N2O. The first-order valence-electron chi connectivity index (χ1n) is 7.95. The Morgan fingerprint density at radius 3 is 2.79 bits per heavy atom. The topological polar surface area (TPSA) is 32.3 Å². The number of rotatable bonds is 2. The fraction of sp³-hybridized carbons (Fsp3) is 0.812. The van der Waals surface area contributed by atoms with E-state index in [0.717, 1.165) is 31.6 Å². The SMILES string of the molecule is CNC1CCC2CCCC2N(C2CC=CCC2)C1=O. The highest BCUT2D eigenvalue weighted by atomic mass is 16.2. The van der Waals surface area contributed by atoms with Gasteiger partial charge in [-0.25, -0.2) is 0 Å². The molecule has 1 N–H and O–H groups in total. The third-order valence-corrected chi connectivity index (χ3v) is 5.34. The maximum atomic E-state index is 12.9. The zero-order chi connectivity index (χ0) is 13.2. The van der Waals surface area contributed by atoms with Crippen LogP contribution in [0.25, 0.3) is 0 Å². The maximum Gasteiger partial charge on any atom is 0.240 e. The molecular weight excluding hydrogens is 236 g/mol. The highest BCUT2D eigenvalue weighted by molar-refractivity contribution is 5.83. The number of hydrogen-bond donors (Lipinski definition) is 1. The van der Waals surface area contributed by atoms with Gasteiger partial charge in [-0.1, -0.05) is 18.6 Å². The minimum Gasteiger partial charge on any atom is -0.335 e. The second kappa shape index (κ2) is 5.66. The lowest BCUT2D eigenvalue weighted by atomic mass is 9.94. The molecule has 1 aliphatic heterocycles. The number of carbonyl (C=O) groups is 1. The van der Waals surface area contributed by atoms with Crippen molar-refractivity contribution < 1.29 is 4.79 Å². The second-order valence-corrected chi connectivity index (χ2v) is 6.36. The van der Waals surface area contributed by atoms with Crippen molar-refractivity contribution >= 4 is 5.91 Å². The lowest BCUT2D eigenvalue weighted by molar-refractivity contribution is -0.138. The van der Waals surface area contributed by atoms with Gasteiger partial charge >= 0.3 is 0 Å². The van der Waals surface area contributed by atoms with E-state index in [1.807, 2.05) is 7.05 Å². The van der Waals surface area contributed by atoms with Crippen molar-refractivity contribution in [3.8, 4) is 0 Å². The van der Waals surface area contributed by atoms with E-state index in [9.17, 15) is 4.79 Å². The normalized spacial score (nSPS) is 39.2. The summed E-state index contributed by atoms with van der Waals surface area (Å²) in [6.07, 6.45) is 14.0. The molecule has 3 heteroatoms. The Bertz CT molecular complexity index is 366. The monoisotopic (exact) mass is 262 g/mol. The Morgan fingerprint density at radius 2 is 2.05 bits per heavy atom. The molecule has 0 spiro atoms. The van der Waals surface area contributed by atoms with E-state index in [4.69, 9.17) is 0 Å². The van der Waals surface area contributed by atoms with Gasteiger partial charge in [-0.15, -0.1) is 0 Å². The highest BCUT2D eigenvalue weighted by Gasteiger charge is 2.42. The van der Waals surface area contributed by atoms with Crippen LogP contribution in [0.15, 0.2) is 12.2 Å². The Kier molecular flexibility index (Phi) is 3.92. The number of allylic oxidation sites excluding steroid dienone is 1. The summed E-state index contributed by atoms with van der Waals surface area (Å²) in [4.78, 5) is 15.2. The van der Waals surface area contributed by atoms with E-state index in [1.54, 1.807) is 0 Å². The van der Waals surface area contributed by atoms with Crippen LogP contribution < -0.4 is 5.32 Å². The zero-order valence-corrected chi connectivity index (χ0v) is 12.0. The second-order valence-electron chi connectivity index (χ2n) is 6.36. The van der Waals surface area contributed by atoms with E-state index in [-0.39, 0.29) is 6.04 Å². The molecule has 4 atom stereocenters. The number of likely N-dealkylation sites (N-methyl/N-ethyl adjacent to an activating group) is 1. The van der Waals surface area contributed by atoms with Gasteiger partial charge in [0.05, 0.1) is 6.04 Å². The Morgan fingerprint density at radius 1 is 1.16 bits per heavy atom. The van der Waals surface area contributed by atoms with Crippen LogP contribution in [-0.4, -0.2) is 36.0 Å². The molecule has 4 unspecified atom stereocenters. The van der Waals surface area contributed by atoms with Gasteiger partial charge in [-0.3, -0.25) is 4.79 Å². The first kappa shape index (κ1) is 13.2. The number of amides is 1. The molecule has 1 heterocycles. The molecule has 106 valence electrons. The van der Waals surface area contributed by atoms with Gasteiger partial charge in [0, 0.05) is 12.1 Å². The summed E-state index contributed by atoms with van der Waals surface area (Å²) in [5, 5.41) is 3.24. The highest BCUT2D eigenvalue weighted by Crippen LogP contribution is 2.39. The summed E-state index contributed by atoms with van der Waals surface area (Å²) in [5.41, 5.74) is 0. The lowest BCUT2D eigenvalue weighted by Gasteiger charge is -2.39. The Labute approximate surface area is 116 Å². The molecule has 3 rings (SSSR count). The van der Waals surface area contributed by atoms with Gasteiger partial charge in [0.25, 0.3) is 0 Å². The number of fused-ring (bicyclic) bond motifs is 1. The third-order valence-electron chi connectivity index (χ3n) is 5.34. The van der Waals surface area contributed by atoms with E-state index in [1.165, 1.54) is 25.7 Å². The summed E-state index contributed by atoms with van der Waals surface area (Å²) in [7, 11) is 1.93. The number of nitrogens with zero attached hydrogens (tertiary/aromatic N) is 1. The predicted octanol–water partition coefficient (Wildman–Crippen LogP) is 2.47. The molecule has 0 bridgehead atoms. The summed E-state index contributed by atoms with van der Waals surface area (Å²) in [5.74, 6) is 1.13. The van der Waals surface area contributed by atoms with Crippen molar-refractivity contribution in [2.24, 2.45) is 5.92 Å². The number of carbonyl (C=O) groups excluding carboxylic acids is 1. The van der Waals surface area contributed by atoms with Crippen LogP contribution in [0.1, 0.15) is 51.4 Å². The van der Waals surface area contributed by atoms with Gasteiger partial charge < -0.3 is 10.2 Å². The number of nitrogens with one attached hydrogen (secondary N) is 1. The first-order chi connectivity index (χ1) is 9.31. The Balaban J connectivity index is 1.85. The van der Waals surface area contributed by atoms with Crippen molar-refractivity contribution in [1.82, 2.24) is 10.2 Å². The van der Waals surface area contributed by atoms with Gasteiger partial charge in [0.2, 0.25) is 5.91 Å². The summed E-state index contributed by atoms with van der Waals surface area (Å²) < 4.78 is 0. The molecule has 19 heavy (non-hydrogen) atoms. The molecule has 0 radical (unpaired) electrons. The van der Waals surface area contributed by atoms with Crippen LogP contribution in [0, 0.1) is 5.92 Å². The molecule has 0 aromatic carbocycles. The van der Waals surface area contributed by atoms with E-state index >= 15 is 0 Å². The minimum absolute atomic E-state index is 0.0523. The van der Waals surface area contributed by atoms with Crippen LogP contribution in [0.5, 0.6) is 0 Å². The van der Waals surface area contributed by atoms with Crippen LogP contribution in [-0.2, 0) is 4.79 Å². The van der Waals surface area contributed by atoms with Crippen LogP contribution >= 0.6 is 0 Å². The molecule has 3 aliphatic rings. The molecule has 3 nitrogen and oxygen atoms in total. The van der Waals surface area contributed by atoms with E-state index in [0.29, 0.717) is 18.0 Å². The smallest absolute Gasteiger partial charge is 0.240 e. The molecule has 1 saturated heterocycles. The van der Waals surface area contributed by atoms with Crippen LogP contribution in [0.2, 0.25) is 0 Å². The predicted molar refractivity (Wildman–Crippen MR) is 76.8 cm³/mol. The third kappa shape index (κ3) is 2.45. The molecule has 1 saturated carbocycles. The zero-order valence-electron chi connectivity index (χ0n) is 12.0. The first-order valence-corrected chi connectivity index (χ1v) is 7.95. The number of likely N-dealkylation sites (tertiary alicyclic amines) is 1. The standard InChI is InChI=1S/C16H26N2O/c1-17-14-11-10-12-6-5-9-15(12)18(16(14)19)13-7-3-2-4-8-13/h2-3,12-15,17H,4-11H2,1H3. The van der Waals surface area contributed by atoms with Gasteiger partial charge in [-0.2, -0.15) is 0 Å². The Hall–Kier alpha value is -0.830. The molecule has 2 aliphatic carbocycles. The summed E-state index contributed by atoms with van der Waals surface area (Å²) in [6.45, 7) is 0. The van der Waals surface area contributed by atoms with Gasteiger partial charge in [-0.05, 0) is 57.9 Å². The van der Waals surface area contributed by atoms with Crippen LogP contribution in [0.3, 0.4) is 0 Å².